The zero-order valence-corrected chi connectivity index (χ0v) is 17.4. The molecule has 30 heavy (non-hydrogen) atoms. The summed E-state index contributed by atoms with van der Waals surface area (Å²) in [6.07, 6.45) is 12.3. The molecule has 1 aromatic rings. The molecule has 1 heterocycles. The highest BCUT2D eigenvalue weighted by molar-refractivity contribution is 6.00. The molecule has 8 heteroatoms. The second-order valence-electron chi connectivity index (χ2n) is 7.02. The molecule has 0 fully saturated rings. The van der Waals surface area contributed by atoms with E-state index in [1.807, 2.05) is 0 Å². The minimum Gasteiger partial charge on any atom is -0.462 e. The van der Waals surface area contributed by atoms with Crippen LogP contribution in [0.5, 0.6) is 0 Å². The summed E-state index contributed by atoms with van der Waals surface area (Å²) in [5.41, 5.74) is 7.20. The second-order valence-corrected chi connectivity index (χ2v) is 7.02. The molecule has 0 saturated carbocycles. The fourth-order valence-electron chi connectivity index (χ4n) is 3.06. The monoisotopic (exact) mass is 414 g/mol. The predicted molar refractivity (Wildman–Crippen MR) is 115 cm³/mol. The van der Waals surface area contributed by atoms with Gasteiger partial charge in [0.2, 0.25) is 11.8 Å². The minimum atomic E-state index is -0.485. The largest absolute Gasteiger partial charge is 0.462 e. The normalized spacial score (nSPS) is 15.3. The summed E-state index contributed by atoms with van der Waals surface area (Å²) in [6, 6.07) is 1.53. The maximum absolute atomic E-state index is 12.3. The number of hydrogen-bond donors (Lipinski definition) is 3. The standard InChI is InChI=1S/C22H30N4O4/c1-2-30-22(29)18-11-13-24-15-19(18)26-21(28)5-3-4-16-6-8-17(9-7-16)14-25-20(27)10-12-23/h6-8,11,13,15,17H,2-5,9-10,12,14,23H2,1H3,(H,25,27)(H,26,28). The molecule has 0 bridgehead atoms. The van der Waals surface area contributed by atoms with Gasteiger partial charge < -0.3 is 21.1 Å². The van der Waals surface area contributed by atoms with Crippen molar-refractivity contribution in [1.82, 2.24) is 10.3 Å². The zero-order valence-electron chi connectivity index (χ0n) is 17.4. The number of carbonyl (C=O) groups is 3. The average molecular weight is 415 g/mol. The average Bonchev–Trinajstić information content (AvgIpc) is 2.74. The molecular weight excluding hydrogens is 384 g/mol. The van der Waals surface area contributed by atoms with Crippen molar-refractivity contribution in [2.75, 3.05) is 25.0 Å². The molecule has 1 atom stereocenters. The highest BCUT2D eigenvalue weighted by Crippen LogP contribution is 2.20. The van der Waals surface area contributed by atoms with Crippen molar-refractivity contribution in [2.24, 2.45) is 11.7 Å². The zero-order chi connectivity index (χ0) is 21.8. The highest BCUT2D eigenvalue weighted by atomic mass is 16.5. The lowest BCUT2D eigenvalue weighted by Crippen LogP contribution is -2.30. The third-order valence-corrected chi connectivity index (χ3v) is 4.66. The van der Waals surface area contributed by atoms with Gasteiger partial charge in [0.1, 0.15) is 0 Å². The van der Waals surface area contributed by atoms with Crippen molar-refractivity contribution in [2.45, 2.75) is 39.0 Å². The Morgan fingerprint density at radius 2 is 2.10 bits per heavy atom. The van der Waals surface area contributed by atoms with Crippen molar-refractivity contribution in [3.63, 3.8) is 0 Å². The Morgan fingerprint density at radius 1 is 1.27 bits per heavy atom. The van der Waals surface area contributed by atoms with Crippen molar-refractivity contribution in [3.05, 3.63) is 47.8 Å². The number of nitrogens with zero attached hydrogens (tertiary/aromatic N) is 1. The minimum absolute atomic E-state index is 0.0218. The number of rotatable bonds is 11. The van der Waals surface area contributed by atoms with Crippen molar-refractivity contribution < 1.29 is 19.1 Å². The van der Waals surface area contributed by atoms with E-state index in [2.05, 4.69) is 33.8 Å². The fraction of sp³-hybridized carbons (Fsp3) is 0.455. The molecule has 0 saturated heterocycles. The first kappa shape index (κ1) is 23.3. The summed E-state index contributed by atoms with van der Waals surface area (Å²) in [4.78, 5) is 39.7. The smallest absolute Gasteiger partial charge is 0.340 e. The molecule has 2 rings (SSSR count). The van der Waals surface area contributed by atoms with E-state index >= 15 is 0 Å². The van der Waals surface area contributed by atoms with Crippen LogP contribution in [0.2, 0.25) is 0 Å². The number of allylic oxidation sites excluding steroid dienone is 3. The topological polar surface area (TPSA) is 123 Å². The SMILES string of the molecule is CCOC(=O)c1ccncc1NC(=O)CCCC1=CCC(CNC(=O)CCN)C=C1. The number of amides is 2. The Kier molecular flexibility index (Phi) is 9.73. The molecule has 2 amide bonds. The molecule has 4 N–H and O–H groups in total. The van der Waals surface area contributed by atoms with Gasteiger partial charge in [-0.3, -0.25) is 14.6 Å². The van der Waals surface area contributed by atoms with Crippen molar-refractivity contribution in [1.29, 1.82) is 0 Å². The van der Waals surface area contributed by atoms with Crippen LogP contribution in [0.25, 0.3) is 0 Å². The van der Waals surface area contributed by atoms with Crippen LogP contribution in [0.4, 0.5) is 5.69 Å². The maximum Gasteiger partial charge on any atom is 0.340 e. The fourth-order valence-corrected chi connectivity index (χ4v) is 3.06. The molecule has 0 aromatic carbocycles. The third-order valence-electron chi connectivity index (χ3n) is 4.66. The van der Waals surface area contributed by atoms with E-state index in [0.29, 0.717) is 43.6 Å². The van der Waals surface area contributed by atoms with E-state index in [1.165, 1.54) is 24.0 Å². The van der Waals surface area contributed by atoms with Crippen molar-refractivity contribution >= 4 is 23.5 Å². The number of ether oxygens (including phenoxy) is 1. The lowest BCUT2D eigenvalue weighted by molar-refractivity contribution is -0.121. The van der Waals surface area contributed by atoms with E-state index < -0.39 is 5.97 Å². The summed E-state index contributed by atoms with van der Waals surface area (Å²) < 4.78 is 5.00. The van der Waals surface area contributed by atoms with Gasteiger partial charge in [-0.1, -0.05) is 23.8 Å². The van der Waals surface area contributed by atoms with Gasteiger partial charge in [0.05, 0.1) is 24.1 Å². The number of carbonyl (C=O) groups excluding carboxylic acids is 3. The molecular formula is C22H30N4O4. The summed E-state index contributed by atoms with van der Waals surface area (Å²) >= 11 is 0. The third kappa shape index (κ3) is 7.79. The predicted octanol–water partition coefficient (Wildman–Crippen LogP) is 2.33. The van der Waals surface area contributed by atoms with Crippen LogP contribution < -0.4 is 16.4 Å². The lowest BCUT2D eigenvalue weighted by atomic mass is 9.94. The maximum atomic E-state index is 12.3. The van der Waals surface area contributed by atoms with Crippen LogP contribution in [0.3, 0.4) is 0 Å². The number of hydrogen-bond acceptors (Lipinski definition) is 6. The first-order valence-corrected chi connectivity index (χ1v) is 10.3. The van der Waals surface area contributed by atoms with Crippen molar-refractivity contribution in [3.8, 4) is 0 Å². The number of aromatic nitrogens is 1. The molecule has 8 nitrogen and oxygen atoms in total. The Labute approximate surface area is 177 Å². The Balaban J connectivity index is 1.73. The number of anilines is 1. The second kappa shape index (κ2) is 12.5. The summed E-state index contributed by atoms with van der Waals surface area (Å²) in [5.74, 6) is -0.395. The van der Waals surface area contributed by atoms with Crippen LogP contribution >= 0.6 is 0 Å². The molecule has 1 aromatic heterocycles. The summed E-state index contributed by atoms with van der Waals surface area (Å²) in [6.45, 7) is 2.95. The Morgan fingerprint density at radius 3 is 2.80 bits per heavy atom. The number of pyridine rings is 1. The van der Waals surface area contributed by atoms with E-state index in [9.17, 15) is 14.4 Å². The highest BCUT2D eigenvalue weighted by Gasteiger charge is 2.15. The number of esters is 1. The van der Waals surface area contributed by atoms with Crippen LogP contribution in [-0.2, 0) is 14.3 Å². The van der Waals surface area contributed by atoms with Crippen LogP contribution in [0.1, 0.15) is 49.4 Å². The molecule has 0 aliphatic heterocycles. The molecule has 0 radical (unpaired) electrons. The Bertz CT molecular complexity index is 804. The first-order chi connectivity index (χ1) is 14.5. The van der Waals surface area contributed by atoms with Gasteiger partial charge >= 0.3 is 5.97 Å². The van der Waals surface area contributed by atoms with Crippen LogP contribution in [0, 0.1) is 5.92 Å². The van der Waals surface area contributed by atoms with Crippen LogP contribution in [0.15, 0.2) is 42.3 Å². The first-order valence-electron chi connectivity index (χ1n) is 10.3. The van der Waals surface area contributed by atoms with Gasteiger partial charge in [0, 0.05) is 32.1 Å². The molecule has 1 unspecified atom stereocenters. The number of nitrogens with one attached hydrogen (secondary N) is 2. The van der Waals surface area contributed by atoms with Crippen LogP contribution in [-0.4, -0.2) is 42.5 Å². The Hall–Kier alpha value is -3.00. The summed E-state index contributed by atoms with van der Waals surface area (Å²) in [5, 5.41) is 5.62. The molecule has 162 valence electrons. The van der Waals surface area contributed by atoms with E-state index in [0.717, 1.165) is 12.8 Å². The number of nitrogens with two attached hydrogens (primary N) is 1. The van der Waals surface area contributed by atoms with E-state index in [1.54, 1.807) is 6.92 Å². The lowest BCUT2D eigenvalue weighted by Gasteiger charge is -2.17. The molecule has 1 aliphatic rings. The van der Waals surface area contributed by atoms with Gasteiger partial charge in [-0.25, -0.2) is 4.79 Å². The van der Waals surface area contributed by atoms with Gasteiger partial charge in [0.15, 0.2) is 0 Å². The van der Waals surface area contributed by atoms with E-state index in [-0.39, 0.29) is 24.3 Å². The van der Waals surface area contributed by atoms with Gasteiger partial charge in [-0.2, -0.15) is 0 Å². The van der Waals surface area contributed by atoms with E-state index in [4.69, 9.17) is 10.5 Å². The van der Waals surface area contributed by atoms with Gasteiger partial charge in [-0.15, -0.1) is 0 Å². The summed E-state index contributed by atoms with van der Waals surface area (Å²) in [7, 11) is 0. The molecule has 1 aliphatic carbocycles. The van der Waals surface area contributed by atoms with Gasteiger partial charge in [-0.05, 0) is 38.2 Å². The quantitative estimate of drug-likeness (QED) is 0.478. The molecule has 0 spiro atoms. The van der Waals surface area contributed by atoms with Gasteiger partial charge in [0.25, 0.3) is 0 Å².